The normalized spacial score (nSPS) is 21.6. The molecule has 1 spiro atoms. The highest BCUT2D eigenvalue weighted by atomic mass is 19.4. The highest BCUT2D eigenvalue weighted by Crippen LogP contribution is 2.44. The molecule has 2 amide bonds. The van der Waals surface area contributed by atoms with E-state index in [1.54, 1.807) is 0 Å². The number of aryl methyl sites for hydroxylation is 1. The maximum Gasteiger partial charge on any atom is 0.416 e. The summed E-state index contributed by atoms with van der Waals surface area (Å²) in [6.07, 6.45) is -10.1. The number of benzene rings is 2. The van der Waals surface area contributed by atoms with Gasteiger partial charge in [-0.2, -0.15) is 26.3 Å². The van der Waals surface area contributed by atoms with E-state index in [1.165, 1.54) is 4.90 Å². The Morgan fingerprint density at radius 1 is 0.907 bits per heavy atom. The van der Waals surface area contributed by atoms with Crippen LogP contribution in [-0.2, 0) is 21.9 Å². The molecule has 0 aliphatic carbocycles. The Bertz CT molecular complexity index is 1320. The Morgan fingerprint density at radius 3 is 2.05 bits per heavy atom. The molecule has 3 aliphatic heterocycles. The van der Waals surface area contributed by atoms with Gasteiger partial charge in [0.1, 0.15) is 11.7 Å². The first-order valence-corrected chi connectivity index (χ1v) is 14.3. The van der Waals surface area contributed by atoms with Crippen LogP contribution in [0.2, 0.25) is 0 Å². The maximum absolute atomic E-state index is 14.2. The summed E-state index contributed by atoms with van der Waals surface area (Å²) >= 11 is 0. The quantitative estimate of drug-likeness (QED) is 0.444. The summed E-state index contributed by atoms with van der Waals surface area (Å²) in [6, 6.07) is 8.58. The van der Waals surface area contributed by atoms with E-state index in [0.717, 1.165) is 24.3 Å². The van der Waals surface area contributed by atoms with E-state index >= 15 is 0 Å². The minimum absolute atomic E-state index is 0.00538. The predicted molar refractivity (Wildman–Crippen MR) is 146 cm³/mol. The van der Waals surface area contributed by atoms with Crippen molar-refractivity contribution in [1.82, 2.24) is 14.7 Å². The average Bonchev–Trinajstić information content (AvgIpc) is 3.16. The number of alkyl halides is 6. The van der Waals surface area contributed by atoms with E-state index in [1.807, 2.05) is 43.0 Å². The molecule has 0 bridgehead atoms. The molecule has 1 atom stereocenters. The molecule has 0 saturated carbocycles. The first kappa shape index (κ1) is 31.1. The Labute approximate surface area is 246 Å². The summed E-state index contributed by atoms with van der Waals surface area (Å²) in [4.78, 5) is 34.9. The molecule has 43 heavy (non-hydrogen) atoms. The Hall–Kier alpha value is -3.32. The summed E-state index contributed by atoms with van der Waals surface area (Å²) in [5.74, 6) is -1.03. The number of para-hydroxylation sites is 1. The molecule has 0 radical (unpaired) electrons. The summed E-state index contributed by atoms with van der Waals surface area (Å²) in [5, 5.41) is 0. The molecule has 1 unspecified atom stereocenters. The Kier molecular flexibility index (Phi) is 8.42. The number of ether oxygens (including phenoxy) is 1. The topological polar surface area (TPSA) is 56.3 Å². The minimum Gasteiger partial charge on any atom is -0.379 e. The van der Waals surface area contributed by atoms with E-state index in [4.69, 9.17) is 4.74 Å². The zero-order valence-electron chi connectivity index (χ0n) is 24.0. The Morgan fingerprint density at radius 2 is 1.49 bits per heavy atom. The number of hydrogen-bond acceptors (Lipinski definition) is 5. The molecule has 3 heterocycles. The molecule has 0 N–H and O–H groups in total. The predicted octanol–water partition coefficient (Wildman–Crippen LogP) is 5.03. The highest BCUT2D eigenvalue weighted by Gasteiger charge is 2.57. The second-order valence-electron chi connectivity index (χ2n) is 11.4. The van der Waals surface area contributed by atoms with E-state index in [-0.39, 0.29) is 44.1 Å². The molecule has 3 saturated heterocycles. The van der Waals surface area contributed by atoms with Crippen LogP contribution in [0.5, 0.6) is 0 Å². The molecule has 5 rings (SSSR count). The zero-order chi connectivity index (χ0) is 31.2. The molecule has 2 aromatic rings. The molecule has 7 nitrogen and oxygen atoms in total. The van der Waals surface area contributed by atoms with Gasteiger partial charge in [-0.15, -0.1) is 0 Å². The van der Waals surface area contributed by atoms with Crippen LogP contribution in [0.1, 0.15) is 46.8 Å². The van der Waals surface area contributed by atoms with Crippen LogP contribution in [0.15, 0.2) is 42.5 Å². The van der Waals surface area contributed by atoms with E-state index in [0.29, 0.717) is 38.4 Å². The second kappa shape index (κ2) is 11.6. The van der Waals surface area contributed by atoms with Crippen molar-refractivity contribution >= 4 is 17.5 Å². The number of carbonyl (C=O) groups excluding carboxylic acids is 2. The fraction of sp³-hybridized carbons (Fsp3) is 0.533. The minimum atomic E-state index is -5.06. The fourth-order valence-corrected chi connectivity index (χ4v) is 6.46. The molecular formula is C30H34F6N4O3. The van der Waals surface area contributed by atoms with E-state index in [2.05, 4.69) is 9.80 Å². The van der Waals surface area contributed by atoms with Gasteiger partial charge in [0.15, 0.2) is 0 Å². The lowest BCUT2D eigenvalue weighted by molar-refractivity contribution is -0.143. The number of nitrogens with zero attached hydrogens (tertiary/aromatic N) is 4. The van der Waals surface area contributed by atoms with Gasteiger partial charge in [0.25, 0.3) is 5.91 Å². The third-order valence-corrected chi connectivity index (χ3v) is 8.79. The van der Waals surface area contributed by atoms with Crippen LogP contribution in [0.25, 0.3) is 0 Å². The average molecular weight is 613 g/mol. The largest absolute Gasteiger partial charge is 0.416 e. The van der Waals surface area contributed by atoms with Crippen molar-refractivity contribution in [3.05, 3.63) is 64.7 Å². The number of likely N-dealkylation sites (tertiary alicyclic amines) is 1. The van der Waals surface area contributed by atoms with Crippen LogP contribution in [0.4, 0.5) is 32.0 Å². The Balaban J connectivity index is 1.41. The number of rotatable bonds is 5. The van der Waals surface area contributed by atoms with Crippen LogP contribution in [-0.4, -0.2) is 90.7 Å². The van der Waals surface area contributed by atoms with Gasteiger partial charge in [0, 0.05) is 50.5 Å². The maximum atomic E-state index is 14.2. The van der Waals surface area contributed by atoms with Gasteiger partial charge in [-0.25, -0.2) is 0 Å². The molecule has 2 aromatic carbocycles. The number of carbonyl (C=O) groups is 2. The van der Waals surface area contributed by atoms with E-state index in [9.17, 15) is 35.9 Å². The molecule has 234 valence electrons. The lowest BCUT2D eigenvalue weighted by atomic mass is 9.84. The first-order chi connectivity index (χ1) is 20.2. The third kappa shape index (κ3) is 6.06. The molecule has 0 aromatic heterocycles. The second-order valence-corrected chi connectivity index (χ2v) is 11.4. The standard InChI is InChI=1S/C30H34F6N4O3/c1-20-5-3-4-6-25(20)40-21(2)39(12-11-37-13-15-43-16-14-37)27(42)28(40)7-9-38(10-8-28)26(41)22-17-23(29(31,32)33)19-24(18-22)30(34,35)36/h3-6,17-19,21H,7-16H2,1-2H3. The highest BCUT2D eigenvalue weighted by molar-refractivity contribution is 5.97. The van der Waals surface area contributed by atoms with Gasteiger partial charge in [0.05, 0.1) is 24.3 Å². The summed E-state index contributed by atoms with van der Waals surface area (Å²) in [6.45, 7) is 7.83. The van der Waals surface area contributed by atoms with Crippen molar-refractivity contribution in [2.75, 3.05) is 57.4 Å². The fourth-order valence-electron chi connectivity index (χ4n) is 6.46. The monoisotopic (exact) mass is 612 g/mol. The lowest BCUT2D eigenvalue weighted by Crippen LogP contribution is -2.58. The first-order valence-electron chi connectivity index (χ1n) is 14.3. The number of hydrogen-bond donors (Lipinski definition) is 0. The summed E-state index contributed by atoms with van der Waals surface area (Å²) in [5.41, 5.74) is -2.96. The number of anilines is 1. The van der Waals surface area contributed by atoms with Crippen molar-refractivity contribution in [3.8, 4) is 0 Å². The molecule has 3 fully saturated rings. The van der Waals surface area contributed by atoms with E-state index < -0.39 is 40.5 Å². The van der Waals surface area contributed by atoms with Gasteiger partial charge in [-0.1, -0.05) is 18.2 Å². The third-order valence-electron chi connectivity index (χ3n) is 8.79. The van der Waals surface area contributed by atoms with Gasteiger partial charge in [0.2, 0.25) is 5.91 Å². The molecule has 3 aliphatic rings. The van der Waals surface area contributed by atoms with Gasteiger partial charge < -0.3 is 19.4 Å². The van der Waals surface area contributed by atoms with Crippen molar-refractivity contribution in [2.24, 2.45) is 0 Å². The van der Waals surface area contributed by atoms with Crippen molar-refractivity contribution < 1.29 is 40.7 Å². The van der Waals surface area contributed by atoms with Gasteiger partial charge in [-0.05, 0) is 56.5 Å². The number of halogens is 6. The number of piperidine rings is 1. The van der Waals surface area contributed by atoms with Crippen molar-refractivity contribution in [3.63, 3.8) is 0 Å². The van der Waals surface area contributed by atoms with Crippen molar-refractivity contribution in [1.29, 1.82) is 0 Å². The van der Waals surface area contributed by atoms with Crippen LogP contribution in [0.3, 0.4) is 0 Å². The lowest BCUT2D eigenvalue weighted by Gasteiger charge is -2.45. The van der Waals surface area contributed by atoms with Crippen molar-refractivity contribution in [2.45, 2.75) is 50.7 Å². The number of amides is 2. The number of morpholine rings is 1. The summed E-state index contributed by atoms with van der Waals surface area (Å²) in [7, 11) is 0. The summed E-state index contributed by atoms with van der Waals surface area (Å²) < 4.78 is 86.0. The smallest absolute Gasteiger partial charge is 0.379 e. The van der Waals surface area contributed by atoms with Crippen LogP contribution in [0, 0.1) is 6.92 Å². The van der Waals surface area contributed by atoms with Crippen LogP contribution >= 0.6 is 0 Å². The molecule has 13 heteroatoms. The zero-order valence-corrected chi connectivity index (χ0v) is 24.0. The van der Waals surface area contributed by atoms with Crippen LogP contribution < -0.4 is 4.90 Å². The SMILES string of the molecule is Cc1ccccc1N1C(C)N(CCN2CCOCC2)C(=O)C12CCN(C(=O)c1cc(C(F)(F)F)cc(C(F)(F)F)c1)CC2. The molecular weight excluding hydrogens is 578 g/mol. The van der Waals surface area contributed by atoms with Gasteiger partial charge in [-0.3, -0.25) is 14.5 Å². The van der Waals surface area contributed by atoms with Gasteiger partial charge >= 0.3 is 12.4 Å².